The van der Waals surface area contributed by atoms with E-state index >= 15 is 0 Å². The van der Waals surface area contributed by atoms with Crippen LogP contribution in [0.5, 0.6) is 0 Å². The smallest absolute Gasteiger partial charge is 0.221 e. The number of nitrogens with zero attached hydrogens (tertiary/aromatic N) is 1. The van der Waals surface area contributed by atoms with Crippen LogP contribution < -0.4 is 10.6 Å². The van der Waals surface area contributed by atoms with Gasteiger partial charge in [0.25, 0.3) is 0 Å². The molecule has 2 amide bonds. The normalized spacial score (nSPS) is 17.0. The minimum atomic E-state index is -0.101. The van der Waals surface area contributed by atoms with E-state index in [1.165, 1.54) is 32.1 Å². The molecule has 5 nitrogen and oxygen atoms in total. The van der Waals surface area contributed by atoms with Crippen molar-refractivity contribution in [3.63, 3.8) is 0 Å². The van der Waals surface area contributed by atoms with Crippen molar-refractivity contribution in [1.82, 2.24) is 15.6 Å². The third-order valence-electron chi connectivity index (χ3n) is 5.06. The van der Waals surface area contributed by atoms with E-state index in [0.717, 1.165) is 30.7 Å². The lowest BCUT2D eigenvalue weighted by atomic mass is 9.96. The molecule has 1 aliphatic carbocycles. The lowest BCUT2D eigenvalue weighted by Gasteiger charge is -2.21. The number of carbonyl (C=O) groups is 2. The summed E-state index contributed by atoms with van der Waals surface area (Å²) in [5.41, 5.74) is 1.81. The summed E-state index contributed by atoms with van der Waals surface area (Å²) in [6.45, 7) is 3.97. The molecule has 0 bridgehead atoms. The van der Waals surface area contributed by atoms with Crippen molar-refractivity contribution in [3.05, 3.63) is 29.6 Å². The number of carbonyl (C=O) groups excluding carboxylic acids is 2. The molecule has 1 fully saturated rings. The summed E-state index contributed by atoms with van der Waals surface area (Å²) in [5, 5.41) is 6.12. The molecule has 1 unspecified atom stereocenters. The van der Waals surface area contributed by atoms with Crippen molar-refractivity contribution in [3.8, 4) is 0 Å². The minimum Gasteiger partial charge on any atom is -0.353 e. The van der Waals surface area contributed by atoms with Gasteiger partial charge in [-0.15, -0.1) is 0 Å². The number of rotatable bonds is 7. The summed E-state index contributed by atoms with van der Waals surface area (Å²) in [4.78, 5) is 28.9. The Morgan fingerprint density at radius 2 is 1.73 bits per heavy atom. The molecule has 0 aromatic carbocycles. The average molecular weight is 360 g/mol. The van der Waals surface area contributed by atoms with Crippen LogP contribution in [-0.4, -0.2) is 22.8 Å². The van der Waals surface area contributed by atoms with E-state index in [2.05, 4.69) is 15.6 Å². The molecular weight excluding hydrogens is 326 g/mol. The third-order valence-corrected chi connectivity index (χ3v) is 5.06. The second kappa shape index (κ2) is 10.9. The van der Waals surface area contributed by atoms with E-state index < -0.39 is 0 Å². The molecule has 2 rings (SSSR count). The summed E-state index contributed by atoms with van der Waals surface area (Å²) >= 11 is 0. The molecule has 1 atom stereocenters. The van der Waals surface area contributed by atoms with Gasteiger partial charge in [-0.05, 0) is 38.3 Å². The zero-order valence-electron chi connectivity index (χ0n) is 16.2. The van der Waals surface area contributed by atoms with Gasteiger partial charge in [0.05, 0.1) is 11.7 Å². The maximum atomic E-state index is 12.2. The maximum absolute atomic E-state index is 12.2. The number of aromatic nitrogens is 1. The Morgan fingerprint density at radius 1 is 1.08 bits per heavy atom. The van der Waals surface area contributed by atoms with E-state index in [1.807, 2.05) is 32.0 Å². The first-order valence-electron chi connectivity index (χ1n) is 10.1. The summed E-state index contributed by atoms with van der Waals surface area (Å²) in [5.74, 6) is -0.0968. The van der Waals surface area contributed by atoms with Crippen LogP contribution in [-0.2, 0) is 9.59 Å². The van der Waals surface area contributed by atoms with Crippen molar-refractivity contribution in [2.24, 2.45) is 0 Å². The van der Waals surface area contributed by atoms with Crippen LogP contribution in [0.15, 0.2) is 18.2 Å². The molecule has 1 heterocycles. The number of hydrogen-bond acceptors (Lipinski definition) is 3. The zero-order chi connectivity index (χ0) is 18.8. The SMILES string of the molecule is CCC(NC(=O)CCC(=O)NC1CCCCCCC1)c1cccc(C)n1. The largest absolute Gasteiger partial charge is 0.353 e. The molecule has 1 aromatic rings. The summed E-state index contributed by atoms with van der Waals surface area (Å²) in [6.07, 6.45) is 9.59. The van der Waals surface area contributed by atoms with Crippen molar-refractivity contribution >= 4 is 11.8 Å². The molecule has 0 aliphatic heterocycles. The Kier molecular flexibility index (Phi) is 8.59. The van der Waals surface area contributed by atoms with Gasteiger partial charge < -0.3 is 10.6 Å². The van der Waals surface area contributed by atoms with Crippen molar-refractivity contribution in [2.75, 3.05) is 0 Å². The number of pyridine rings is 1. The highest BCUT2D eigenvalue weighted by Gasteiger charge is 2.17. The van der Waals surface area contributed by atoms with Crippen molar-refractivity contribution in [1.29, 1.82) is 0 Å². The summed E-state index contributed by atoms with van der Waals surface area (Å²) < 4.78 is 0. The van der Waals surface area contributed by atoms with Crippen LogP contribution in [0.3, 0.4) is 0 Å². The van der Waals surface area contributed by atoms with E-state index in [9.17, 15) is 9.59 Å². The van der Waals surface area contributed by atoms with Crippen LogP contribution >= 0.6 is 0 Å². The average Bonchev–Trinajstić information content (AvgIpc) is 2.60. The maximum Gasteiger partial charge on any atom is 0.221 e. The fourth-order valence-corrected chi connectivity index (χ4v) is 3.54. The van der Waals surface area contributed by atoms with Gasteiger partial charge >= 0.3 is 0 Å². The summed E-state index contributed by atoms with van der Waals surface area (Å²) in [6, 6.07) is 6.01. The van der Waals surface area contributed by atoms with Crippen LogP contribution in [0.1, 0.15) is 88.6 Å². The van der Waals surface area contributed by atoms with E-state index in [1.54, 1.807) is 0 Å². The quantitative estimate of drug-likeness (QED) is 0.774. The van der Waals surface area contributed by atoms with Crippen LogP contribution in [0, 0.1) is 6.92 Å². The second-order valence-electron chi connectivity index (χ2n) is 7.34. The predicted octanol–water partition coefficient (Wildman–Crippen LogP) is 3.97. The topological polar surface area (TPSA) is 71.1 Å². The summed E-state index contributed by atoms with van der Waals surface area (Å²) in [7, 11) is 0. The lowest BCUT2D eigenvalue weighted by molar-refractivity contribution is -0.127. The standard InChI is InChI=1S/C21H33N3O2/c1-3-18(19-13-9-10-16(2)22-19)24-21(26)15-14-20(25)23-17-11-7-5-4-6-8-12-17/h9-10,13,17-18H,3-8,11-12,14-15H2,1-2H3,(H,23,25)(H,24,26). The van der Waals surface area contributed by atoms with Gasteiger partial charge in [0, 0.05) is 24.6 Å². The number of hydrogen-bond donors (Lipinski definition) is 2. The van der Waals surface area contributed by atoms with E-state index in [-0.39, 0.29) is 36.7 Å². The van der Waals surface area contributed by atoms with Gasteiger partial charge in [0.2, 0.25) is 11.8 Å². The monoisotopic (exact) mass is 359 g/mol. The van der Waals surface area contributed by atoms with Crippen LogP contribution in [0.4, 0.5) is 0 Å². The van der Waals surface area contributed by atoms with E-state index in [4.69, 9.17) is 0 Å². The van der Waals surface area contributed by atoms with Gasteiger partial charge in [0.15, 0.2) is 0 Å². The zero-order valence-corrected chi connectivity index (χ0v) is 16.2. The molecule has 2 N–H and O–H groups in total. The predicted molar refractivity (Wildman–Crippen MR) is 104 cm³/mol. The Morgan fingerprint density at radius 3 is 2.38 bits per heavy atom. The fourth-order valence-electron chi connectivity index (χ4n) is 3.54. The lowest BCUT2D eigenvalue weighted by Crippen LogP contribution is -2.36. The minimum absolute atomic E-state index is 0.00699. The molecule has 26 heavy (non-hydrogen) atoms. The molecule has 1 aromatic heterocycles. The first-order chi connectivity index (χ1) is 12.6. The van der Waals surface area contributed by atoms with Gasteiger partial charge in [-0.25, -0.2) is 0 Å². The Hall–Kier alpha value is -1.91. The molecule has 0 radical (unpaired) electrons. The van der Waals surface area contributed by atoms with Gasteiger partial charge in [0.1, 0.15) is 0 Å². The molecule has 0 saturated heterocycles. The highest BCUT2D eigenvalue weighted by atomic mass is 16.2. The van der Waals surface area contributed by atoms with Crippen molar-refractivity contribution in [2.45, 2.75) is 90.1 Å². The van der Waals surface area contributed by atoms with Gasteiger partial charge in [-0.1, -0.05) is 45.1 Å². The Balaban J connectivity index is 1.75. The van der Waals surface area contributed by atoms with Crippen LogP contribution in [0.2, 0.25) is 0 Å². The number of amides is 2. The molecular formula is C21H33N3O2. The van der Waals surface area contributed by atoms with Gasteiger partial charge in [-0.2, -0.15) is 0 Å². The number of aryl methyl sites for hydroxylation is 1. The Labute approximate surface area is 157 Å². The first kappa shape index (κ1) is 20.4. The molecule has 0 spiro atoms. The Bertz CT molecular complexity index is 580. The van der Waals surface area contributed by atoms with Crippen molar-refractivity contribution < 1.29 is 9.59 Å². The van der Waals surface area contributed by atoms with E-state index in [0.29, 0.717) is 0 Å². The molecule has 1 aliphatic rings. The van der Waals surface area contributed by atoms with Gasteiger partial charge in [-0.3, -0.25) is 14.6 Å². The van der Waals surface area contributed by atoms with Crippen LogP contribution in [0.25, 0.3) is 0 Å². The highest BCUT2D eigenvalue weighted by Crippen LogP contribution is 2.17. The molecule has 1 saturated carbocycles. The second-order valence-corrected chi connectivity index (χ2v) is 7.34. The first-order valence-corrected chi connectivity index (χ1v) is 10.1. The molecule has 5 heteroatoms. The highest BCUT2D eigenvalue weighted by molar-refractivity contribution is 5.84. The molecule has 144 valence electrons. The fraction of sp³-hybridized carbons (Fsp3) is 0.667. The third kappa shape index (κ3) is 7.14. The number of nitrogens with one attached hydrogen (secondary N) is 2.